The molecule has 1 aliphatic heterocycles. The third kappa shape index (κ3) is 4.02. The lowest BCUT2D eigenvalue weighted by molar-refractivity contribution is -0.113. The SMILES string of the molecule is COc1ccc(OC)c(NC(=O)C2=C(C)Nc3ncnn3[C@H]2c2ccc(OC)cc2OC)c1. The summed E-state index contributed by atoms with van der Waals surface area (Å²) in [6, 6.07) is 10.0. The second kappa shape index (κ2) is 9.11. The Morgan fingerprint density at radius 2 is 1.67 bits per heavy atom. The molecule has 2 heterocycles. The summed E-state index contributed by atoms with van der Waals surface area (Å²) in [6.45, 7) is 1.82. The summed E-state index contributed by atoms with van der Waals surface area (Å²) in [7, 11) is 6.25. The first-order chi connectivity index (χ1) is 16.0. The fourth-order valence-corrected chi connectivity index (χ4v) is 3.82. The van der Waals surface area contributed by atoms with Crippen LogP contribution in [0.15, 0.2) is 54.0 Å². The maximum absolute atomic E-state index is 13.7. The van der Waals surface area contributed by atoms with E-state index in [1.54, 1.807) is 50.3 Å². The number of hydrogen-bond acceptors (Lipinski definition) is 8. The van der Waals surface area contributed by atoms with E-state index in [9.17, 15) is 4.79 Å². The summed E-state index contributed by atoms with van der Waals surface area (Å²) < 4.78 is 23.3. The lowest BCUT2D eigenvalue weighted by atomic mass is 9.94. The number of carbonyl (C=O) groups excluding carboxylic acids is 1. The van der Waals surface area contributed by atoms with Gasteiger partial charge in [0.25, 0.3) is 5.91 Å². The van der Waals surface area contributed by atoms with Gasteiger partial charge in [-0.3, -0.25) is 4.79 Å². The Labute approximate surface area is 191 Å². The third-order valence-electron chi connectivity index (χ3n) is 5.43. The molecule has 172 valence electrons. The Hall–Kier alpha value is -4.21. The van der Waals surface area contributed by atoms with Crippen LogP contribution in [-0.4, -0.2) is 49.1 Å². The van der Waals surface area contributed by atoms with Crippen LogP contribution in [0.2, 0.25) is 0 Å². The van der Waals surface area contributed by atoms with Gasteiger partial charge in [-0.1, -0.05) is 0 Å². The molecule has 1 atom stereocenters. The second-order valence-electron chi connectivity index (χ2n) is 7.22. The number of nitrogens with one attached hydrogen (secondary N) is 2. The van der Waals surface area contributed by atoms with Gasteiger partial charge in [0.05, 0.1) is 39.7 Å². The van der Waals surface area contributed by atoms with Gasteiger partial charge in [-0.25, -0.2) is 4.68 Å². The zero-order chi connectivity index (χ0) is 23.5. The number of carbonyl (C=O) groups is 1. The summed E-state index contributed by atoms with van der Waals surface area (Å²) in [4.78, 5) is 17.9. The Morgan fingerprint density at radius 1 is 0.970 bits per heavy atom. The van der Waals surface area contributed by atoms with Gasteiger partial charge in [-0.05, 0) is 31.2 Å². The number of methoxy groups -OCH3 is 4. The van der Waals surface area contributed by atoms with E-state index in [1.165, 1.54) is 13.4 Å². The van der Waals surface area contributed by atoms with Crippen LogP contribution in [0.4, 0.5) is 11.6 Å². The molecule has 1 aliphatic rings. The van der Waals surface area contributed by atoms with Crippen LogP contribution in [0.5, 0.6) is 23.0 Å². The van der Waals surface area contributed by atoms with Crippen molar-refractivity contribution in [1.82, 2.24) is 14.8 Å². The highest BCUT2D eigenvalue weighted by Crippen LogP contribution is 2.41. The van der Waals surface area contributed by atoms with E-state index < -0.39 is 6.04 Å². The number of hydrogen-bond donors (Lipinski definition) is 2. The Morgan fingerprint density at radius 3 is 2.36 bits per heavy atom. The van der Waals surface area contributed by atoms with Crippen LogP contribution in [0.3, 0.4) is 0 Å². The van der Waals surface area contributed by atoms with E-state index in [0.29, 0.717) is 45.9 Å². The van der Waals surface area contributed by atoms with Gasteiger partial charge < -0.3 is 29.6 Å². The lowest BCUT2D eigenvalue weighted by Crippen LogP contribution is -2.31. The minimum absolute atomic E-state index is 0.337. The number of ether oxygens (including phenoxy) is 4. The molecule has 33 heavy (non-hydrogen) atoms. The average Bonchev–Trinajstić information content (AvgIpc) is 3.30. The Kier molecular flexibility index (Phi) is 6.07. The van der Waals surface area contributed by atoms with Crippen molar-refractivity contribution in [1.29, 1.82) is 0 Å². The van der Waals surface area contributed by atoms with Crippen LogP contribution in [-0.2, 0) is 4.79 Å². The number of aromatic nitrogens is 3. The summed E-state index contributed by atoms with van der Waals surface area (Å²) >= 11 is 0. The van der Waals surface area contributed by atoms with Gasteiger partial charge in [-0.15, -0.1) is 0 Å². The van der Waals surface area contributed by atoms with Crippen molar-refractivity contribution in [2.75, 3.05) is 39.1 Å². The highest BCUT2D eigenvalue weighted by atomic mass is 16.5. The van der Waals surface area contributed by atoms with Crippen molar-refractivity contribution >= 4 is 17.5 Å². The summed E-state index contributed by atoms with van der Waals surface area (Å²) in [6.07, 6.45) is 1.44. The van der Waals surface area contributed by atoms with Gasteiger partial charge in [0, 0.05) is 23.4 Å². The largest absolute Gasteiger partial charge is 0.497 e. The van der Waals surface area contributed by atoms with E-state index >= 15 is 0 Å². The van der Waals surface area contributed by atoms with E-state index in [-0.39, 0.29) is 5.91 Å². The molecular formula is C23H25N5O5. The lowest BCUT2D eigenvalue weighted by Gasteiger charge is -2.29. The number of amides is 1. The van der Waals surface area contributed by atoms with Crippen LogP contribution >= 0.6 is 0 Å². The van der Waals surface area contributed by atoms with E-state index in [0.717, 1.165) is 5.56 Å². The zero-order valence-electron chi connectivity index (χ0n) is 19.0. The van der Waals surface area contributed by atoms with Crippen molar-refractivity contribution < 1.29 is 23.7 Å². The molecule has 2 aromatic carbocycles. The fourth-order valence-electron chi connectivity index (χ4n) is 3.82. The Balaban J connectivity index is 1.80. The zero-order valence-corrected chi connectivity index (χ0v) is 19.0. The molecule has 0 fully saturated rings. The van der Waals surface area contributed by atoms with Gasteiger partial charge in [0.15, 0.2) is 0 Å². The second-order valence-corrected chi connectivity index (χ2v) is 7.22. The third-order valence-corrected chi connectivity index (χ3v) is 5.43. The first kappa shape index (κ1) is 22.0. The molecule has 0 bridgehead atoms. The Bertz CT molecular complexity index is 1220. The van der Waals surface area contributed by atoms with Crippen LogP contribution in [0.1, 0.15) is 18.5 Å². The maximum Gasteiger partial charge on any atom is 0.255 e. The molecule has 4 rings (SSSR count). The highest BCUT2D eigenvalue weighted by Gasteiger charge is 2.35. The number of nitrogens with zero attached hydrogens (tertiary/aromatic N) is 3. The summed E-state index contributed by atoms with van der Waals surface area (Å²) in [5.41, 5.74) is 2.29. The fraction of sp³-hybridized carbons (Fsp3) is 0.261. The van der Waals surface area contributed by atoms with E-state index in [2.05, 4.69) is 20.7 Å². The quantitative estimate of drug-likeness (QED) is 0.564. The molecule has 0 spiro atoms. The normalized spacial score (nSPS) is 14.8. The molecule has 1 amide bonds. The molecule has 0 unspecified atom stereocenters. The first-order valence-corrected chi connectivity index (χ1v) is 10.1. The van der Waals surface area contributed by atoms with Crippen molar-refractivity contribution in [3.8, 4) is 23.0 Å². The minimum Gasteiger partial charge on any atom is -0.497 e. The maximum atomic E-state index is 13.7. The monoisotopic (exact) mass is 451 g/mol. The van der Waals surface area contributed by atoms with Gasteiger partial charge in [-0.2, -0.15) is 10.1 Å². The number of rotatable bonds is 7. The molecule has 0 aliphatic carbocycles. The highest BCUT2D eigenvalue weighted by molar-refractivity contribution is 6.06. The molecule has 2 N–H and O–H groups in total. The molecule has 10 nitrogen and oxygen atoms in total. The summed E-state index contributed by atoms with van der Waals surface area (Å²) in [5.74, 6) is 2.47. The molecule has 0 radical (unpaired) electrons. The predicted octanol–water partition coefficient (Wildman–Crippen LogP) is 3.24. The number of anilines is 2. The van der Waals surface area contributed by atoms with Gasteiger partial charge in [0.2, 0.25) is 5.95 Å². The predicted molar refractivity (Wildman–Crippen MR) is 122 cm³/mol. The van der Waals surface area contributed by atoms with E-state index in [1.807, 2.05) is 19.1 Å². The molecule has 0 saturated carbocycles. The molecule has 1 aromatic heterocycles. The number of benzene rings is 2. The number of fused-ring (bicyclic) bond motifs is 1. The molecule has 0 saturated heterocycles. The number of allylic oxidation sites excluding steroid dienone is 1. The minimum atomic E-state index is -0.596. The topological polar surface area (TPSA) is 109 Å². The standard InChI is InChI=1S/C23H25N5O5/c1-13-20(22(29)27-17-10-14(30-2)7-9-18(17)32-4)21(28-23(26-13)24-12-25-28)16-8-6-15(31-3)11-19(16)33-5/h6-12,21H,1-5H3,(H,27,29)(H,24,25,26)/t21-/m0/s1. The average molecular weight is 451 g/mol. The molecule has 3 aromatic rings. The van der Waals surface area contributed by atoms with Crippen molar-refractivity contribution in [3.05, 3.63) is 59.6 Å². The van der Waals surface area contributed by atoms with Gasteiger partial charge in [0.1, 0.15) is 35.4 Å². The van der Waals surface area contributed by atoms with E-state index in [4.69, 9.17) is 18.9 Å². The first-order valence-electron chi connectivity index (χ1n) is 10.1. The summed E-state index contributed by atoms with van der Waals surface area (Å²) in [5, 5.41) is 10.5. The van der Waals surface area contributed by atoms with Crippen LogP contribution in [0, 0.1) is 0 Å². The van der Waals surface area contributed by atoms with Crippen molar-refractivity contribution in [3.63, 3.8) is 0 Å². The molecule has 10 heteroatoms. The van der Waals surface area contributed by atoms with Gasteiger partial charge >= 0.3 is 0 Å². The van der Waals surface area contributed by atoms with Crippen LogP contribution < -0.4 is 29.6 Å². The van der Waals surface area contributed by atoms with Crippen molar-refractivity contribution in [2.45, 2.75) is 13.0 Å². The smallest absolute Gasteiger partial charge is 0.255 e. The molecular weight excluding hydrogens is 426 g/mol. The van der Waals surface area contributed by atoms with Crippen molar-refractivity contribution in [2.24, 2.45) is 0 Å². The van der Waals surface area contributed by atoms with Crippen LogP contribution in [0.25, 0.3) is 0 Å².